The molecule has 0 spiro atoms. The van der Waals surface area contributed by atoms with Gasteiger partial charge < -0.3 is 10.8 Å². The maximum absolute atomic E-state index is 11.0. The second-order valence-corrected chi connectivity index (χ2v) is 3.67. The van der Waals surface area contributed by atoms with E-state index in [1.165, 1.54) is 12.3 Å². The number of aromatic carboxylic acids is 1. The molecule has 0 atom stereocenters. The summed E-state index contributed by atoms with van der Waals surface area (Å²) < 4.78 is 0. The fraction of sp³-hybridized carbons (Fsp3) is 0. The fourth-order valence-corrected chi connectivity index (χ4v) is 1.66. The van der Waals surface area contributed by atoms with E-state index in [1.54, 1.807) is 24.3 Å². The van der Waals surface area contributed by atoms with Crippen LogP contribution < -0.4 is 5.73 Å². The maximum Gasteiger partial charge on any atom is 0.339 e. The molecular formula is C13H10N2O3. The van der Waals surface area contributed by atoms with Gasteiger partial charge in [-0.15, -0.1) is 0 Å². The van der Waals surface area contributed by atoms with Gasteiger partial charge in [-0.1, -0.05) is 24.3 Å². The second kappa shape index (κ2) is 4.67. The van der Waals surface area contributed by atoms with E-state index in [2.05, 4.69) is 4.98 Å². The molecule has 2 rings (SSSR count). The maximum atomic E-state index is 11.0. The van der Waals surface area contributed by atoms with Gasteiger partial charge in [0.05, 0.1) is 0 Å². The van der Waals surface area contributed by atoms with Crippen LogP contribution >= 0.6 is 0 Å². The average molecular weight is 242 g/mol. The number of nitrogen functional groups attached to an aromatic ring is 1. The van der Waals surface area contributed by atoms with E-state index in [-0.39, 0.29) is 11.4 Å². The van der Waals surface area contributed by atoms with Crippen LogP contribution in [0.4, 0.5) is 5.82 Å². The topological polar surface area (TPSA) is 93.3 Å². The van der Waals surface area contributed by atoms with Crippen LogP contribution in [0.25, 0.3) is 11.1 Å². The van der Waals surface area contributed by atoms with Gasteiger partial charge in [0, 0.05) is 17.3 Å². The summed E-state index contributed by atoms with van der Waals surface area (Å²) in [6.07, 6.45) is 2.16. The monoisotopic (exact) mass is 242 g/mol. The molecule has 1 aromatic carbocycles. The van der Waals surface area contributed by atoms with Crippen molar-refractivity contribution in [3.8, 4) is 11.1 Å². The lowest BCUT2D eigenvalue weighted by atomic mass is 10.0. The summed E-state index contributed by atoms with van der Waals surface area (Å²) in [6, 6.07) is 8.28. The molecule has 1 heterocycles. The molecule has 0 aliphatic rings. The van der Waals surface area contributed by atoms with Gasteiger partial charge in [0.2, 0.25) is 0 Å². The zero-order chi connectivity index (χ0) is 13.1. The number of nitrogens with two attached hydrogens (primary N) is 1. The molecule has 3 N–H and O–H groups in total. The third kappa shape index (κ3) is 2.06. The Balaban J connectivity index is 2.61. The van der Waals surface area contributed by atoms with E-state index in [1.807, 2.05) is 0 Å². The van der Waals surface area contributed by atoms with Crippen LogP contribution in [-0.2, 0) is 0 Å². The first kappa shape index (κ1) is 11.8. The third-order valence-electron chi connectivity index (χ3n) is 2.55. The predicted octanol–water partition coefficient (Wildman–Crippen LogP) is 1.84. The lowest BCUT2D eigenvalue weighted by Crippen LogP contribution is -2.05. The Morgan fingerprint density at radius 3 is 2.72 bits per heavy atom. The lowest BCUT2D eigenvalue weighted by molar-refractivity contribution is 0.0697. The van der Waals surface area contributed by atoms with Crippen LogP contribution in [0, 0.1) is 0 Å². The molecule has 5 nitrogen and oxygen atoms in total. The summed E-state index contributed by atoms with van der Waals surface area (Å²) in [5, 5.41) is 8.97. The van der Waals surface area contributed by atoms with Gasteiger partial charge in [0.15, 0.2) is 6.29 Å². The van der Waals surface area contributed by atoms with Gasteiger partial charge in [0.1, 0.15) is 11.4 Å². The number of aromatic nitrogens is 1. The molecule has 0 bridgehead atoms. The smallest absolute Gasteiger partial charge is 0.339 e. The van der Waals surface area contributed by atoms with Crippen LogP contribution in [0.5, 0.6) is 0 Å². The number of carbonyl (C=O) groups is 2. The van der Waals surface area contributed by atoms with Crippen molar-refractivity contribution in [1.82, 2.24) is 4.98 Å². The number of carboxylic acids is 1. The molecule has 0 aliphatic heterocycles. The van der Waals surface area contributed by atoms with Crippen LogP contribution in [0.1, 0.15) is 20.7 Å². The number of hydrogen-bond acceptors (Lipinski definition) is 4. The number of carbonyl (C=O) groups excluding carboxylic acids is 1. The van der Waals surface area contributed by atoms with Crippen LogP contribution in [-0.4, -0.2) is 22.3 Å². The molecule has 0 saturated heterocycles. The van der Waals surface area contributed by atoms with Crippen molar-refractivity contribution >= 4 is 18.1 Å². The van der Waals surface area contributed by atoms with Gasteiger partial charge >= 0.3 is 5.97 Å². The highest BCUT2D eigenvalue weighted by Crippen LogP contribution is 2.24. The van der Waals surface area contributed by atoms with Crippen molar-refractivity contribution in [1.29, 1.82) is 0 Å². The number of rotatable bonds is 3. The van der Waals surface area contributed by atoms with Crippen molar-refractivity contribution in [2.45, 2.75) is 0 Å². The van der Waals surface area contributed by atoms with Gasteiger partial charge in [-0.2, -0.15) is 0 Å². The van der Waals surface area contributed by atoms with Crippen LogP contribution in [0.15, 0.2) is 36.5 Å². The van der Waals surface area contributed by atoms with Crippen molar-refractivity contribution in [2.24, 2.45) is 0 Å². The summed E-state index contributed by atoms with van der Waals surface area (Å²) >= 11 is 0. The minimum absolute atomic E-state index is 0.0464. The molecule has 2 aromatic rings. The first-order valence-electron chi connectivity index (χ1n) is 5.17. The highest BCUT2D eigenvalue weighted by molar-refractivity contribution is 5.95. The Kier molecular flexibility index (Phi) is 3.05. The molecule has 0 saturated carbocycles. The SMILES string of the molecule is Nc1ncc(-c2ccccc2C=O)cc1C(=O)O. The third-order valence-corrected chi connectivity index (χ3v) is 2.55. The Morgan fingerprint density at radius 2 is 2.06 bits per heavy atom. The molecule has 90 valence electrons. The van der Waals surface area contributed by atoms with E-state index in [4.69, 9.17) is 10.8 Å². The summed E-state index contributed by atoms with van der Waals surface area (Å²) in [6.45, 7) is 0. The summed E-state index contributed by atoms with van der Waals surface area (Å²) in [5.74, 6) is -1.19. The largest absolute Gasteiger partial charge is 0.478 e. The van der Waals surface area contributed by atoms with Crippen LogP contribution in [0.3, 0.4) is 0 Å². The highest BCUT2D eigenvalue weighted by atomic mass is 16.4. The minimum Gasteiger partial charge on any atom is -0.478 e. The van der Waals surface area contributed by atoms with Gasteiger partial charge in [0.25, 0.3) is 0 Å². The quantitative estimate of drug-likeness (QED) is 0.801. The Bertz CT molecular complexity index is 623. The average Bonchev–Trinajstić information content (AvgIpc) is 2.39. The molecule has 0 fully saturated rings. The van der Waals surface area contributed by atoms with Gasteiger partial charge in [-0.05, 0) is 11.6 Å². The summed E-state index contributed by atoms with van der Waals surface area (Å²) in [5.41, 5.74) is 7.05. The minimum atomic E-state index is -1.15. The zero-order valence-corrected chi connectivity index (χ0v) is 9.33. The number of aldehydes is 1. The fourth-order valence-electron chi connectivity index (χ4n) is 1.66. The van der Waals surface area contributed by atoms with Crippen molar-refractivity contribution < 1.29 is 14.7 Å². The number of benzene rings is 1. The van der Waals surface area contributed by atoms with E-state index < -0.39 is 5.97 Å². The number of pyridine rings is 1. The first-order chi connectivity index (χ1) is 8.63. The first-order valence-corrected chi connectivity index (χ1v) is 5.17. The lowest BCUT2D eigenvalue weighted by Gasteiger charge is -2.06. The molecule has 5 heteroatoms. The number of anilines is 1. The zero-order valence-electron chi connectivity index (χ0n) is 9.33. The summed E-state index contributed by atoms with van der Waals surface area (Å²) in [4.78, 5) is 25.7. The number of hydrogen-bond donors (Lipinski definition) is 2. The Labute approximate surface area is 103 Å². The molecule has 0 aliphatic carbocycles. The molecular weight excluding hydrogens is 232 g/mol. The van der Waals surface area contributed by atoms with Gasteiger partial charge in [-0.25, -0.2) is 9.78 Å². The Morgan fingerprint density at radius 1 is 1.33 bits per heavy atom. The number of nitrogens with zero attached hydrogens (tertiary/aromatic N) is 1. The van der Waals surface area contributed by atoms with E-state index in [9.17, 15) is 9.59 Å². The normalized spacial score (nSPS) is 10.0. The predicted molar refractivity (Wildman–Crippen MR) is 66.4 cm³/mol. The van der Waals surface area contributed by atoms with Crippen molar-refractivity contribution in [2.75, 3.05) is 5.73 Å². The molecule has 18 heavy (non-hydrogen) atoms. The molecule has 0 unspecified atom stereocenters. The van der Waals surface area contributed by atoms with Gasteiger partial charge in [-0.3, -0.25) is 4.79 Å². The van der Waals surface area contributed by atoms with Crippen molar-refractivity contribution in [3.63, 3.8) is 0 Å². The molecule has 1 aromatic heterocycles. The van der Waals surface area contributed by atoms with E-state index in [0.717, 1.165) is 0 Å². The van der Waals surface area contributed by atoms with Crippen molar-refractivity contribution in [3.05, 3.63) is 47.7 Å². The van der Waals surface area contributed by atoms with Crippen LogP contribution in [0.2, 0.25) is 0 Å². The van der Waals surface area contributed by atoms with E-state index in [0.29, 0.717) is 23.0 Å². The molecule has 0 radical (unpaired) electrons. The number of carboxylic acid groups (broad SMARTS) is 1. The standard InChI is InChI=1S/C13H10N2O3/c14-12-11(13(17)18)5-9(6-15-12)10-4-2-1-3-8(10)7-16/h1-7H,(H2,14,15)(H,17,18). The summed E-state index contributed by atoms with van der Waals surface area (Å²) in [7, 11) is 0. The Hall–Kier alpha value is -2.69. The van der Waals surface area contributed by atoms with E-state index >= 15 is 0 Å². The molecule has 0 amide bonds. The second-order valence-electron chi connectivity index (χ2n) is 3.67. The highest BCUT2D eigenvalue weighted by Gasteiger charge is 2.12.